The second kappa shape index (κ2) is 8.91. The second-order valence-corrected chi connectivity index (χ2v) is 8.17. The maximum absolute atomic E-state index is 13.6. The molecule has 0 saturated carbocycles. The van der Waals surface area contributed by atoms with Crippen LogP contribution in [0.3, 0.4) is 0 Å². The first-order valence-corrected chi connectivity index (χ1v) is 10.5. The topological polar surface area (TPSA) is 97.4 Å². The van der Waals surface area contributed by atoms with Crippen molar-refractivity contribution in [2.75, 3.05) is 6.54 Å². The third kappa shape index (κ3) is 5.35. The Labute approximate surface area is 165 Å². The van der Waals surface area contributed by atoms with Crippen molar-refractivity contribution in [1.82, 2.24) is 15.0 Å². The van der Waals surface area contributed by atoms with Crippen LogP contribution in [0.4, 0.5) is 4.39 Å². The average molecular weight is 421 g/mol. The Kier molecular flexibility index (Phi) is 6.34. The van der Waals surface area contributed by atoms with Gasteiger partial charge in [0, 0.05) is 18.1 Å². The summed E-state index contributed by atoms with van der Waals surface area (Å²) < 4.78 is 45.3. The Morgan fingerprint density at radius 1 is 1.14 bits per heavy atom. The lowest BCUT2D eigenvalue weighted by molar-refractivity contribution is -0.120. The summed E-state index contributed by atoms with van der Waals surface area (Å²) in [4.78, 5) is 15.4. The average Bonchev–Trinajstić information content (AvgIpc) is 3.19. The number of hydrogen-bond donors (Lipinski definition) is 2. The van der Waals surface area contributed by atoms with Gasteiger partial charge in [0.15, 0.2) is 0 Å². The fraction of sp³-hybridized carbons (Fsp3) is 0.111. The highest BCUT2D eigenvalue weighted by Crippen LogP contribution is 2.23. The molecule has 1 amide bonds. The number of nitrogens with zero attached hydrogens (tertiary/aromatic N) is 1. The molecule has 10 heteroatoms. The molecular weight excluding hydrogens is 405 g/mol. The predicted molar refractivity (Wildman–Crippen MR) is 102 cm³/mol. The first kappa shape index (κ1) is 19.9. The Morgan fingerprint density at radius 3 is 2.57 bits per heavy atom. The third-order valence-corrected chi connectivity index (χ3v) is 5.66. The number of thiazole rings is 1. The van der Waals surface area contributed by atoms with Gasteiger partial charge < -0.3 is 10.1 Å². The normalized spacial score (nSPS) is 11.2. The zero-order chi connectivity index (χ0) is 20.0. The summed E-state index contributed by atoms with van der Waals surface area (Å²) in [5, 5.41) is 4.93. The summed E-state index contributed by atoms with van der Waals surface area (Å²) in [6.45, 7) is -0.292. The van der Waals surface area contributed by atoms with Crippen LogP contribution in [0, 0.1) is 5.82 Å². The molecule has 0 saturated heterocycles. The van der Waals surface area contributed by atoms with Crippen molar-refractivity contribution < 1.29 is 22.3 Å². The van der Waals surface area contributed by atoms with Crippen LogP contribution in [0.5, 0.6) is 10.9 Å². The predicted octanol–water partition coefficient (Wildman–Crippen LogP) is 2.67. The Hall–Kier alpha value is -2.82. The molecule has 0 bridgehead atoms. The van der Waals surface area contributed by atoms with E-state index >= 15 is 0 Å². The molecule has 0 radical (unpaired) electrons. The first-order chi connectivity index (χ1) is 13.4. The van der Waals surface area contributed by atoms with Crippen LogP contribution in [-0.4, -0.2) is 25.9 Å². The smallest absolute Gasteiger partial charge is 0.278 e. The fourth-order valence-corrected chi connectivity index (χ4v) is 3.76. The lowest BCUT2D eigenvalue weighted by atomic mass is 10.2. The van der Waals surface area contributed by atoms with Crippen LogP contribution < -0.4 is 14.8 Å². The van der Waals surface area contributed by atoms with Gasteiger partial charge in [0.25, 0.3) is 5.19 Å². The molecule has 0 aliphatic rings. The van der Waals surface area contributed by atoms with E-state index in [9.17, 15) is 17.6 Å². The minimum Gasteiger partial charge on any atom is -0.431 e. The van der Waals surface area contributed by atoms with Gasteiger partial charge in [-0.3, -0.25) is 4.79 Å². The van der Waals surface area contributed by atoms with E-state index in [1.807, 2.05) is 0 Å². The lowest BCUT2D eigenvalue weighted by Gasteiger charge is -2.09. The number of carbonyl (C=O) groups excluding carboxylic acids is 1. The van der Waals surface area contributed by atoms with Gasteiger partial charge in [-0.1, -0.05) is 35.6 Å². The van der Waals surface area contributed by atoms with Crippen LogP contribution in [0.25, 0.3) is 0 Å². The van der Waals surface area contributed by atoms with Crippen molar-refractivity contribution >= 4 is 27.3 Å². The number of carbonyl (C=O) groups is 1. The van der Waals surface area contributed by atoms with Crippen LogP contribution in [0.15, 0.2) is 65.0 Å². The molecule has 0 unspecified atom stereocenters. The van der Waals surface area contributed by atoms with Crippen LogP contribution >= 0.6 is 11.3 Å². The van der Waals surface area contributed by atoms with E-state index in [2.05, 4.69) is 15.0 Å². The molecule has 7 nitrogen and oxygen atoms in total. The van der Waals surface area contributed by atoms with Crippen molar-refractivity contribution in [3.8, 4) is 10.9 Å². The summed E-state index contributed by atoms with van der Waals surface area (Å²) in [5.41, 5.74) is 0.803. The Morgan fingerprint density at radius 2 is 1.89 bits per heavy atom. The van der Waals surface area contributed by atoms with Gasteiger partial charge in [-0.25, -0.2) is 22.5 Å². The van der Waals surface area contributed by atoms with Crippen molar-refractivity contribution in [2.45, 2.75) is 11.4 Å². The zero-order valence-electron chi connectivity index (χ0n) is 14.5. The summed E-state index contributed by atoms with van der Waals surface area (Å²) in [7, 11) is -4.11. The number of nitrogens with one attached hydrogen (secondary N) is 2. The maximum Gasteiger partial charge on any atom is 0.278 e. The molecule has 0 aliphatic carbocycles. The summed E-state index contributed by atoms with van der Waals surface area (Å²) >= 11 is 1.37. The highest BCUT2D eigenvalue weighted by Gasteiger charge is 2.19. The van der Waals surface area contributed by atoms with E-state index in [0.29, 0.717) is 10.9 Å². The molecule has 0 fully saturated rings. The van der Waals surface area contributed by atoms with E-state index in [4.69, 9.17) is 4.74 Å². The number of hydrogen-bond acceptors (Lipinski definition) is 6. The highest BCUT2D eigenvalue weighted by molar-refractivity contribution is 7.89. The number of amides is 1. The fourth-order valence-electron chi connectivity index (χ4n) is 2.20. The molecule has 2 aromatic carbocycles. The Balaban J connectivity index is 1.48. The Bertz CT molecular complexity index is 1040. The minimum absolute atomic E-state index is 0.206. The van der Waals surface area contributed by atoms with Crippen molar-refractivity contribution in [1.29, 1.82) is 0 Å². The van der Waals surface area contributed by atoms with Crippen LogP contribution in [-0.2, 0) is 21.4 Å². The quantitative estimate of drug-likeness (QED) is 0.583. The summed E-state index contributed by atoms with van der Waals surface area (Å²) in [6, 6.07) is 12.0. The van der Waals surface area contributed by atoms with Gasteiger partial charge in [-0.2, -0.15) is 0 Å². The number of rotatable bonds is 8. The molecule has 0 atom stereocenters. The largest absolute Gasteiger partial charge is 0.431 e. The molecule has 1 heterocycles. The zero-order valence-corrected chi connectivity index (χ0v) is 16.1. The molecule has 3 rings (SSSR count). The van der Waals surface area contributed by atoms with Crippen LogP contribution in [0.1, 0.15) is 5.56 Å². The molecule has 3 aromatic rings. The number of aromatic nitrogens is 1. The van der Waals surface area contributed by atoms with Crippen molar-refractivity contribution in [2.24, 2.45) is 0 Å². The van der Waals surface area contributed by atoms with E-state index < -0.39 is 33.2 Å². The summed E-state index contributed by atoms with van der Waals surface area (Å²) in [6.07, 6.45) is 1.64. The first-order valence-electron chi connectivity index (χ1n) is 8.11. The highest BCUT2D eigenvalue weighted by atomic mass is 32.2. The number of ether oxygens (including phenoxy) is 1. The molecule has 0 spiro atoms. The van der Waals surface area contributed by atoms with E-state index in [1.165, 1.54) is 23.5 Å². The van der Waals surface area contributed by atoms with E-state index in [1.54, 1.807) is 35.8 Å². The lowest BCUT2D eigenvalue weighted by Crippen LogP contribution is -2.36. The monoisotopic (exact) mass is 421 g/mol. The third-order valence-electron chi connectivity index (χ3n) is 3.58. The van der Waals surface area contributed by atoms with Crippen LogP contribution in [0.2, 0.25) is 0 Å². The van der Waals surface area contributed by atoms with E-state index in [-0.39, 0.29) is 6.54 Å². The molecule has 0 aliphatic heterocycles. The van der Waals surface area contributed by atoms with Gasteiger partial charge in [0.05, 0.1) is 6.54 Å². The number of sulfonamides is 1. The molecular formula is C18H16FN3O4S2. The van der Waals surface area contributed by atoms with Gasteiger partial charge in [0.1, 0.15) is 16.5 Å². The standard InChI is InChI=1S/C18H16FN3O4S2/c19-15-3-1-2-4-16(15)28(24,25)22-12-17(23)21-11-13-5-7-14(8-6-13)26-18-20-9-10-27-18/h1-10,22H,11-12H2,(H,21,23). The minimum atomic E-state index is -4.11. The van der Waals surface area contributed by atoms with Crippen molar-refractivity contribution in [3.05, 3.63) is 71.5 Å². The number of halogens is 1. The SMILES string of the molecule is O=C(CNS(=O)(=O)c1ccccc1F)NCc1ccc(Oc2nccs2)cc1. The van der Waals surface area contributed by atoms with E-state index in [0.717, 1.165) is 17.7 Å². The summed E-state index contributed by atoms with van der Waals surface area (Å²) in [5.74, 6) is -0.804. The maximum atomic E-state index is 13.6. The van der Waals surface area contributed by atoms with Gasteiger partial charge in [-0.05, 0) is 29.8 Å². The number of benzene rings is 2. The van der Waals surface area contributed by atoms with Crippen molar-refractivity contribution in [3.63, 3.8) is 0 Å². The van der Waals surface area contributed by atoms with Gasteiger partial charge in [-0.15, -0.1) is 0 Å². The molecule has 28 heavy (non-hydrogen) atoms. The molecule has 1 aromatic heterocycles. The van der Waals surface area contributed by atoms with Gasteiger partial charge >= 0.3 is 0 Å². The second-order valence-electron chi connectivity index (χ2n) is 5.58. The van der Waals surface area contributed by atoms with Gasteiger partial charge in [0.2, 0.25) is 15.9 Å². The molecule has 2 N–H and O–H groups in total. The molecule has 146 valence electrons.